The summed E-state index contributed by atoms with van der Waals surface area (Å²) < 4.78 is 39.0. The van der Waals surface area contributed by atoms with Crippen molar-refractivity contribution in [3.05, 3.63) is 53.3 Å². The number of alkyl halides is 3. The van der Waals surface area contributed by atoms with E-state index >= 15 is 0 Å². The van der Waals surface area contributed by atoms with Crippen molar-refractivity contribution in [3.63, 3.8) is 0 Å². The molecular formula is C14H13F3N4S. The SMILES string of the molecule is C=C(/N=C(\C=C/N)c1n[nH]c2c(C(F)(F)F)cccc12)SC. The fourth-order valence-corrected chi connectivity index (χ4v) is 2.10. The second kappa shape index (κ2) is 6.27. The van der Waals surface area contributed by atoms with Crippen LogP contribution in [0.5, 0.6) is 0 Å². The molecule has 22 heavy (non-hydrogen) atoms. The molecule has 1 aromatic heterocycles. The minimum Gasteiger partial charge on any atom is -0.405 e. The molecule has 3 N–H and O–H groups in total. The van der Waals surface area contributed by atoms with Crippen molar-refractivity contribution in [2.24, 2.45) is 10.7 Å². The minimum atomic E-state index is -4.47. The summed E-state index contributed by atoms with van der Waals surface area (Å²) in [5.41, 5.74) is 5.15. The lowest BCUT2D eigenvalue weighted by Gasteiger charge is -2.07. The van der Waals surface area contributed by atoms with Crippen molar-refractivity contribution < 1.29 is 13.2 Å². The lowest BCUT2D eigenvalue weighted by Crippen LogP contribution is -2.05. The van der Waals surface area contributed by atoms with E-state index in [-0.39, 0.29) is 11.2 Å². The van der Waals surface area contributed by atoms with Crippen LogP contribution in [0.25, 0.3) is 10.9 Å². The molecule has 0 aliphatic heterocycles. The Bertz CT molecular complexity index is 759. The first kappa shape index (κ1) is 16.2. The molecule has 0 saturated heterocycles. The van der Waals surface area contributed by atoms with Crippen LogP contribution in [-0.2, 0) is 6.18 Å². The third-order valence-electron chi connectivity index (χ3n) is 2.88. The Morgan fingerprint density at radius 1 is 1.45 bits per heavy atom. The number of nitrogens with zero attached hydrogens (tertiary/aromatic N) is 2. The third kappa shape index (κ3) is 3.16. The summed E-state index contributed by atoms with van der Waals surface area (Å²) in [7, 11) is 0. The minimum absolute atomic E-state index is 0.0853. The van der Waals surface area contributed by atoms with Gasteiger partial charge in [-0.3, -0.25) is 5.10 Å². The summed E-state index contributed by atoms with van der Waals surface area (Å²) >= 11 is 1.31. The zero-order valence-electron chi connectivity index (χ0n) is 11.6. The first-order valence-corrected chi connectivity index (χ1v) is 7.35. The number of nitrogens with one attached hydrogen (secondary N) is 1. The monoisotopic (exact) mass is 326 g/mol. The van der Waals surface area contributed by atoms with Gasteiger partial charge in [-0.05, 0) is 24.6 Å². The Labute approximate surface area is 129 Å². The molecule has 0 aliphatic carbocycles. The van der Waals surface area contributed by atoms with Crippen LogP contribution in [0.4, 0.5) is 13.2 Å². The predicted octanol–water partition coefficient (Wildman–Crippen LogP) is 3.68. The zero-order chi connectivity index (χ0) is 16.3. The molecule has 0 spiro atoms. The number of rotatable bonds is 4. The Hall–Kier alpha value is -2.22. The summed E-state index contributed by atoms with van der Waals surface area (Å²) in [4.78, 5) is 4.22. The van der Waals surface area contributed by atoms with Crippen LogP contribution in [0.2, 0.25) is 0 Å². The highest BCUT2D eigenvalue weighted by Crippen LogP contribution is 2.34. The molecule has 8 heteroatoms. The maximum atomic E-state index is 13.0. The quantitative estimate of drug-likeness (QED) is 0.842. The number of H-pyrrole nitrogens is 1. The summed E-state index contributed by atoms with van der Waals surface area (Å²) in [5.74, 6) is 0. The van der Waals surface area contributed by atoms with E-state index in [4.69, 9.17) is 5.73 Å². The van der Waals surface area contributed by atoms with Crippen molar-refractivity contribution in [3.8, 4) is 0 Å². The van der Waals surface area contributed by atoms with Crippen molar-refractivity contribution >= 4 is 28.4 Å². The van der Waals surface area contributed by atoms with Crippen LogP contribution in [0.3, 0.4) is 0 Å². The highest BCUT2D eigenvalue weighted by atomic mass is 32.2. The average Bonchev–Trinajstić information content (AvgIpc) is 2.89. The van der Waals surface area contributed by atoms with E-state index in [1.54, 1.807) is 12.3 Å². The van der Waals surface area contributed by atoms with Crippen LogP contribution in [-0.4, -0.2) is 22.2 Å². The van der Waals surface area contributed by atoms with Gasteiger partial charge >= 0.3 is 6.18 Å². The van der Waals surface area contributed by atoms with Crippen molar-refractivity contribution in [1.82, 2.24) is 10.2 Å². The molecule has 0 saturated carbocycles. The third-order valence-corrected chi connectivity index (χ3v) is 3.44. The molecule has 0 atom stereocenters. The number of nitrogens with two attached hydrogens (primary N) is 1. The van der Waals surface area contributed by atoms with Crippen molar-refractivity contribution in [1.29, 1.82) is 0 Å². The number of aromatic amines is 1. The number of hydrogen-bond acceptors (Lipinski definition) is 4. The number of halogens is 3. The van der Waals surface area contributed by atoms with E-state index in [1.807, 2.05) is 0 Å². The lowest BCUT2D eigenvalue weighted by atomic mass is 10.1. The molecule has 4 nitrogen and oxygen atoms in total. The molecule has 1 aromatic carbocycles. The molecule has 0 aliphatic rings. The molecule has 2 aromatic rings. The van der Waals surface area contributed by atoms with Crippen LogP contribution in [0.15, 0.2) is 47.1 Å². The fraction of sp³-hybridized carbons (Fsp3) is 0.143. The molecule has 0 bridgehead atoms. The normalized spacial score (nSPS) is 13.2. The van der Waals surface area contributed by atoms with Gasteiger partial charge in [-0.1, -0.05) is 18.7 Å². The van der Waals surface area contributed by atoms with E-state index in [9.17, 15) is 13.2 Å². The molecule has 116 valence electrons. The molecule has 0 radical (unpaired) electrons. The van der Waals surface area contributed by atoms with Gasteiger partial charge < -0.3 is 5.73 Å². The van der Waals surface area contributed by atoms with Gasteiger partial charge in [-0.2, -0.15) is 18.3 Å². The topological polar surface area (TPSA) is 67.1 Å². The number of thioether (sulfide) groups is 1. The van der Waals surface area contributed by atoms with Crippen LogP contribution >= 0.6 is 11.8 Å². The lowest BCUT2D eigenvalue weighted by molar-refractivity contribution is -0.136. The first-order chi connectivity index (χ1) is 10.4. The van der Waals surface area contributed by atoms with Crippen molar-refractivity contribution in [2.75, 3.05) is 6.26 Å². The number of benzene rings is 1. The molecule has 2 rings (SSSR count). The second-order valence-electron chi connectivity index (χ2n) is 4.25. The van der Waals surface area contributed by atoms with E-state index in [2.05, 4.69) is 21.8 Å². The summed E-state index contributed by atoms with van der Waals surface area (Å²) in [6.07, 6.45) is 0.0467. The highest BCUT2D eigenvalue weighted by molar-refractivity contribution is 8.02. The molecule has 0 unspecified atom stereocenters. The number of aromatic nitrogens is 2. The van der Waals surface area contributed by atoms with Gasteiger partial charge in [-0.15, -0.1) is 11.8 Å². The van der Waals surface area contributed by atoms with Crippen LogP contribution in [0.1, 0.15) is 11.3 Å². The van der Waals surface area contributed by atoms with E-state index < -0.39 is 11.7 Å². The highest BCUT2D eigenvalue weighted by Gasteiger charge is 2.33. The fourth-order valence-electron chi connectivity index (χ4n) is 1.91. The Balaban J connectivity index is 2.66. The average molecular weight is 326 g/mol. The standard InChI is InChI=1S/C14H13F3N4S/c1-8(22-2)19-11(6-7-18)13-9-4-3-5-10(14(15,16)17)12(9)20-21-13/h3-7H,1,18H2,2H3,(H,20,21)/b7-6-,19-11+. The van der Waals surface area contributed by atoms with E-state index in [1.165, 1.54) is 30.1 Å². The summed E-state index contributed by atoms with van der Waals surface area (Å²) in [5, 5.41) is 7.21. The van der Waals surface area contributed by atoms with Crippen molar-refractivity contribution in [2.45, 2.75) is 6.18 Å². The number of aliphatic imine (C=N–C) groups is 1. The number of fused-ring (bicyclic) bond motifs is 1. The predicted molar refractivity (Wildman–Crippen MR) is 83.6 cm³/mol. The van der Waals surface area contributed by atoms with Gasteiger partial charge in [0, 0.05) is 5.39 Å². The molecule has 0 amide bonds. The summed E-state index contributed by atoms with van der Waals surface area (Å²) in [6, 6.07) is 3.88. The second-order valence-corrected chi connectivity index (χ2v) is 5.13. The Morgan fingerprint density at radius 2 is 2.18 bits per heavy atom. The van der Waals surface area contributed by atoms with Gasteiger partial charge in [0.1, 0.15) is 5.69 Å². The molecule has 1 heterocycles. The number of hydrogen-bond donors (Lipinski definition) is 2. The number of allylic oxidation sites excluding steroid dienone is 1. The van der Waals surface area contributed by atoms with Gasteiger partial charge in [0.25, 0.3) is 0 Å². The zero-order valence-corrected chi connectivity index (χ0v) is 12.4. The van der Waals surface area contributed by atoms with Gasteiger partial charge in [0.15, 0.2) is 0 Å². The maximum absolute atomic E-state index is 13.0. The maximum Gasteiger partial charge on any atom is 0.418 e. The largest absolute Gasteiger partial charge is 0.418 e. The van der Waals surface area contributed by atoms with Crippen LogP contribution in [0, 0.1) is 0 Å². The molecule has 0 fully saturated rings. The van der Waals surface area contributed by atoms with E-state index in [0.717, 1.165) is 6.07 Å². The smallest absolute Gasteiger partial charge is 0.405 e. The van der Waals surface area contributed by atoms with Gasteiger partial charge in [0.05, 0.1) is 21.8 Å². The van der Waals surface area contributed by atoms with Crippen LogP contribution < -0.4 is 5.73 Å². The Kier molecular flexibility index (Phi) is 4.60. The molecular weight excluding hydrogens is 313 g/mol. The van der Waals surface area contributed by atoms with Gasteiger partial charge in [-0.25, -0.2) is 4.99 Å². The number of para-hydroxylation sites is 1. The summed E-state index contributed by atoms with van der Waals surface area (Å²) in [6.45, 7) is 3.72. The Morgan fingerprint density at radius 3 is 2.77 bits per heavy atom. The first-order valence-electron chi connectivity index (χ1n) is 6.13. The van der Waals surface area contributed by atoms with Gasteiger partial charge in [0.2, 0.25) is 0 Å². The van der Waals surface area contributed by atoms with E-state index in [0.29, 0.717) is 16.1 Å².